The van der Waals surface area contributed by atoms with Crippen LogP contribution in [0.3, 0.4) is 0 Å². The summed E-state index contributed by atoms with van der Waals surface area (Å²) >= 11 is 1.62. The lowest BCUT2D eigenvalue weighted by molar-refractivity contribution is 0.217. The van der Waals surface area contributed by atoms with Crippen molar-refractivity contribution in [3.63, 3.8) is 0 Å². The van der Waals surface area contributed by atoms with Crippen LogP contribution in [0.4, 0.5) is 0 Å². The number of hydrogen-bond acceptors (Lipinski definition) is 4. The van der Waals surface area contributed by atoms with Gasteiger partial charge in [-0.15, -0.1) is 0 Å². The third kappa shape index (κ3) is 4.33. The zero-order chi connectivity index (χ0) is 13.5. The van der Waals surface area contributed by atoms with Crippen LogP contribution >= 0.6 is 27.0 Å². The first kappa shape index (κ1) is 15.7. The predicted molar refractivity (Wildman–Crippen MR) is 66.0 cm³/mol. The molecule has 10 heteroatoms. The molecule has 0 aromatic heterocycles. The highest BCUT2D eigenvalue weighted by molar-refractivity contribution is 8.00. The quantitative estimate of drug-likeness (QED) is 0.555. The lowest BCUT2D eigenvalue weighted by Gasteiger charge is -2.41. The molecule has 1 saturated heterocycles. The third-order valence-electron chi connectivity index (χ3n) is 2.38. The fourth-order valence-corrected chi connectivity index (χ4v) is 5.82. The van der Waals surface area contributed by atoms with E-state index >= 15 is 0 Å². The molecular weight excluding hydrogens is 288 g/mol. The molecule has 1 aliphatic heterocycles. The Morgan fingerprint density at radius 3 is 2.00 bits per heavy atom. The maximum Gasteiger partial charge on any atom is 0.354 e. The molecule has 0 unspecified atom stereocenters. The van der Waals surface area contributed by atoms with Crippen molar-refractivity contribution in [3.8, 4) is 0 Å². The average Bonchev–Trinajstić information content (AvgIpc) is 1.94. The molecule has 1 heterocycles. The van der Waals surface area contributed by atoms with Gasteiger partial charge in [0.25, 0.3) is 0 Å². The summed E-state index contributed by atoms with van der Waals surface area (Å²) in [6.45, 7) is 4.24. The Balaban J connectivity index is 3.01. The highest BCUT2D eigenvalue weighted by Crippen LogP contribution is 2.61. The second-order valence-electron chi connectivity index (χ2n) is 4.60. The van der Waals surface area contributed by atoms with E-state index in [1.807, 2.05) is 13.8 Å². The van der Waals surface area contributed by atoms with Crippen LogP contribution in [0.15, 0.2) is 0 Å². The molecule has 0 bridgehead atoms. The first-order chi connectivity index (χ1) is 7.43. The van der Waals surface area contributed by atoms with Gasteiger partial charge in [0.1, 0.15) is 0 Å². The maximum atomic E-state index is 11.2. The Kier molecular flexibility index (Phi) is 4.56. The second kappa shape index (κ2) is 4.94. The van der Waals surface area contributed by atoms with Crippen LogP contribution in [0, 0.1) is 0 Å². The average molecular weight is 305 g/mol. The number of hydrogen-bond donors (Lipinski definition) is 4. The first-order valence-corrected chi connectivity index (χ1v) is 9.27. The minimum atomic E-state index is -4.87. The van der Waals surface area contributed by atoms with E-state index in [1.54, 1.807) is 11.8 Å². The van der Waals surface area contributed by atoms with Crippen molar-refractivity contribution in [1.82, 2.24) is 4.90 Å². The first-order valence-electron chi connectivity index (χ1n) is 4.92. The summed E-state index contributed by atoms with van der Waals surface area (Å²) in [5.41, 5.74) is -2.02. The van der Waals surface area contributed by atoms with Crippen LogP contribution in [-0.2, 0) is 9.13 Å². The third-order valence-corrected chi connectivity index (χ3v) is 7.34. The van der Waals surface area contributed by atoms with E-state index in [2.05, 4.69) is 0 Å². The number of thioether (sulfide) groups is 1. The lowest BCUT2D eigenvalue weighted by atomic mass is 10.2. The standard InChI is InChI=1S/C7H17NO6P2S/c1-7(2)5-8(3-4-17-7)6(15(9,10)11)16(12,13)14/h6H,3-5H2,1-2H3,(H2,9,10,11)(H2,12,13,14). The van der Waals surface area contributed by atoms with E-state index in [0.717, 1.165) is 0 Å². The van der Waals surface area contributed by atoms with Crippen molar-refractivity contribution in [2.45, 2.75) is 24.1 Å². The van der Waals surface area contributed by atoms with Gasteiger partial charge in [0.05, 0.1) is 0 Å². The summed E-state index contributed by atoms with van der Waals surface area (Å²) in [5, 5.41) is 0. The van der Waals surface area contributed by atoms with Gasteiger partial charge in [-0.2, -0.15) is 11.8 Å². The van der Waals surface area contributed by atoms with Gasteiger partial charge in [0.15, 0.2) is 0 Å². The summed E-state index contributed by atoms with van der Waals surface area (Å²) in [6.07, 6.45) is 0. The molecule has 0 atom stereocenters. The summed E-state index contributed by atoms with van der Waals surface area (Å²) < 4.78 is 22.2. The highest BCUT2D eigenvalue weighted by Gasteiger charge is 2.49. The van der Waals surface area contributed by atoms with Crippen LogP contribution in [-0.4, -0.2) is 53.6 Å². The normalized spacial score (nSPS) is 23.0. The van der Waals surface area contributed by atoms with Crippen molar-refractivity contribution >= 4 is 27.0 Å². The summed E-state index contributed by atoms with van der Waals surface area (Å²) in [5.74, 6) is 0.587. The van der Waals surface area contributed by atoms with E-state index in [0.29, 0.717) is 5.75 Å². The van der Waals surface area contributed by atoms with Crippen molar-refractivity contribution in [2.24, 2.45) is 0 Å². The fraction of sp³-hybridized carbons (Fsp3) is 1.00. The fourth-order valence-electron chi connectivity index (χ4n) is 1.87. The molecule has 0 aromatic rings. The molecule has 0 aromatic carbocycles. The summed E-state index contributed by atoms with van der Waals surface area (Å²) in [7, 11) is -9.74. The van der Waals surface area contributed by atoms with Crippen LogP contribution in [0.1, 0.15) is 13.8 Å². The van der Waals surface area contributed by atoms with Gasteiger partial charge in [0.2, 0.25) is 5.52 Å². The topological polar surface area (TPSA) is 118 Å². The molecule has 17 heavy (non-hydrogen) atoms. The van der Waals surface area contributed by atoms with Gasteiger partial charge in [-0.1, -0.05) is 0 Å². The molecule has 1 rings (SSSR count). The number of rotatable bonds is 3. The van der Waals surface area contributed by atoms with Gasteiger partial charge >= 0.3 is 15.2 Å². The molecule has 0 saturated carbocycles. The monoisotopic (exact) mass is 305 g/mol. The van der Waals surface area contributed by atoms with Crippen molar-refractivity contribution in [1.29, 1.82) is 0 Å². The van der Waals surface area contributed by atoms with Crippen LogP contribution in [0.25, 0.3) is 0 Å². The van der Waals surface area contributed by atoms with Gasteiger partial charge in [-0.25, -0.2) is 0 Å². The number of nitrogens with zero attached hydrogens (tertiary/aromatic N) is 1. The Bertz CT molecular complexity index is 355. The SMILES string of the molecule is CC1(C)CN(C(P(=O)(O)O)P(=O)(O)O)CCS1. The van der Waals surface area contributed by atoms with Gasteiger partial charge in [0, 0.05) is 23.6 Å². The van der Waals surface area contributed by atoms with E-state index in [1.165, 1.54) is 4.90 Å². The summed E-state index contributed by atoms with van der Waals surface area (Å²) in [6, 6.07) is 0. The molecule has 1 fully saturated rings. The predicted octanol–water partition coefficient (Wildman–Crippen LogP) is 0.453. The van der Waals surface area contributed by atoms with Crippen molar-refractivity contribution in [3.05, 3.63) is 0 Å². The molecule has 0 aliphatic carbocycles. The largest absolute Gasteiger partial charge is 0.354 e. The molecule has 0 radical (unpaired) electrons. The highest BCUT2D eigenvalue weighted by atomic mass is 32.2. The Hall–Kier alpha value is 0.610. The van der Waals surface area contributed by atoms with E-state index in [9.17, 15) is 9.13 Å². The summed E-state index contributed by atoms with van der Waals surface area (Å²) in [4.78, 5) is 37.6. The van der Waals surface area contributed by atoms with E-state index in [4.69, 9.17) is 19.6 Å². The van der Waals surface area contributed by atoms with Crippen LogP contribution in [0.2, 0.25) is 0 Å². The maximum absolute atomic E-state index is 11.2. The van der Waals surface area contributed by atoms with Gasteiger partial charge < -0.3 is 19.6 Å². The molecule has 0 amide bonds. The van der Waals surface area contributed by atoms with Gasteiger partial charge in [-0.3, -0.25) is 14.0 Å². The molecule has 7 nitrogen and oxygen atoms in total. The van der Waals surface area contributed by atoms with Gasteiger partial charge in [-0.05, 0) is 13.8 Å². The zero-order valence-corrected chi connectivity index (χ0v) is 12.2. The van der Waals surface area contributed by atoms with E-state index in [-0.39, 0.29) is 17.8 Å². The van der Waals surface area contributed by atoms with Crippen molar-refractivity contribution < 1.29 is 28.7 Å². The minimum absolute atomic E-state index is 0.235. The second-order valence-corrected chi connectivity index (χ2v) is 10.1. The van der Waals surface area contributed by atoms with Crippen LogP contribution in [0.5, 0.6) is 0 Å². The Morgan fingerprint density at radius 1 is 1.18 bits per heavy atom. The van der Waals surface area contributed by atoms with Crippen LogP contribution < -0.4 is 0 Å². The Labute approximate surface area is 104 Å². The Morgan fingerprint density at radius 2 is 1.65 bits per heavy atom. The van der Waals surface area contributed by atoms with E-state index < -0.39 is 20.7 Å². The molecular formula is C7H17NO6P2S. The zero-order valence-electron chi connectivity index (χ0n) is 9.55. The molecule has 1 aliphatic rings. The molecule has 102 valence electrons. The minimum Gasteiger partial charge on any atom is -0.323 e. The molecule has 4 N–H and O–H groups in total. The lowest BCUT2D eigenvalue weighted by Crippen LogP contribution is -2.47. The van der Waals surface area contributed by atoms with Crippen molar-refractivity contribution in [2.75, 3.05) is 18.8 Å². The smallest absolute Gasteiger partial charge is 0.323 e. The molecule has 0 spiro atoms.